The van der Waals surface area contributed by atoms with Crippen LogP contribution in [-0.2, 0) is 21.9 Å². The van der Waals surface area contributed by atoms with Gasteiger partial charge in [-0.15, -0.1) is 0 Å². The third-order valence-electron chi connectivity index (χ3n) is 4.76. The Morgan fingerprint density at radius 2 is 1.54 bits per heavy atom. The number of amides is 1. The largest absolute Gasteiger partial charge is 0.481 e. The van der Waals surface area contributed by atoms with Gasteiger partial charge in [0.15, 0.2) is 5.75 Å². The summed E-state index contributed by atoms with van der Waals surface area (Å²) < 4.78 is 87.4. The first-order valence-corrected chi connectivity index (χ1v) is 9.45. The molecule has 0 saturated carbocycles. The van der Waals surface area contributed by atoms with Gasteiger partial charge in [-0.25, -0.2) is 4.79 Å². The number of carbonyl (C=O) groups is 3. The van der Waals surface area contributed by atoms with E-state index in [0.717, 1.165) is 12.1 Å². The summed E-state index contributed by atoms with van der Waals surface area (Å²) in [7, 11) is 0. The third-order valence-corrected chi connectivity index (χ3v) is 4.76. The van der Waals surface area contributed by atoms with Crippen molar-refractivity contribution in [2.75, 3.05) is 5.32 Å². The zero-order chi connectivity index (χ0) is 26.3. The first kappa shape index (κ1) is 25.4. The number of halogens is 6. The summed E-state index contributed by atoms with van der Waals surface area (Å²) in [5, 5.41) is 19.7. The number of hydrogen-bond donors (Lipinski definition) is 4. The fraction of sp³-hybridized carbons (Fsp3) is 0.190. The highest BCUT2D eigenvalue weighted by atomic mass is 19.4. The number of aliphatic carboxylic acids is 1. The first-order chi connectivity index (χ1) is 16.1. The normalized spacial score (nSPS) is 12.0. The van der Waals surface area contributed by atoms with Crippen LogP contribution in [0.5, 0.6) is 11.5 Å². The summed E-state index contributed by atoms with van der Waals surface area (Å²) in [6, 6.07) is 3.73. The van der Waals surface area contributed by atoms with Crippen LogP contribution in [0.1, 0.15) is 33.6 Å². The van der Waals surface area contributed by atoms with Crippen molar-refractivity contribution in [3.8, 4) is 11.5 Å². The first-order valence-electron chi connectivity index (χ1n) is 9.45. The van der Waals surface area contributed by atoms with E-state index in [1.807, 2.05) is 0 Å². The lowest BCUT2D eigenvalue weighted by Gasteiger charge is -2.21. The van der Waals surface area contributed by atoms with Crippen LogP contribution in [-0.4, -0.2) is 33.0 Å². The Kier molecular flexibility index (Phi) is 6.42. The second kappa shape index (κ2) is 8.85. The number of benzene rings is 2. The predicted octanol–water partition coefficient (Wildman–Crippen LogP) is 5.42. The lowest BCUT2D eigenvalue weighted by molar-refractivity contribution is -0.145. The van der Waals surface area contributed by atoms with Gasteiger partial charge in [0.25, 0.3) is 0 Å². The minimum atomic E-state index is -5.37. The quantitative estimate of drug-likeness (QED) is 0.262. The van der Waals surface area contributed by atoms with E-state index in [0.29, 0.717) is 0 Å². The van der Waals surface area contributed by atoms with Crippen molar-refractivity contribution in [2.45, 2.75) is 25.7 Å². The number of aromatic carboxylic acids is 1. The molecule has 186 valence electrons. The van der Waals surface area contributed by atoms with Crippen molar-refractivity contribution < 1.29 is 55.7 Å². The highest BCUT2D eigenvalue weighted by Crippen LogP contribution is 2.47. The molecule has 1 heterocycles. The minimum Gasteiger partial charge on any atom is -0.481 e. The van der Waals surface area contributed by atoms with Crippen LogP contribution in [0.25, 0.3) is 10.9 Å². The van der Waals surface area contributed by atoms with E-state index in [2.05, 4.69) is 4.98 Å². The number of H-pyrrole nitrogens is 1. The van der Waals surface area contributed by atoms with Gasteiger partial charge in [-0.1, -0.05) is 0 Å². The smallest absolute Gasteiger partial charge is 0.420 e. The molecule has 0 aliphatic rings. The summed E-state index contributed by atoms with van der Waals surface area (Å²) in [5.41, 5.74) is -4.47. The highest BCUT2D eigenvalue weighted by Gasteiger charge is 2.43. The number of ether oxygens (including phenoxy) is 1. The number of hydrogen-bond acceptors (Lipinski definition) is 4. The van der Waals surface area contributed by atoms with Crippen LogP contribution < -0.4 is 10.1 Å². The average molecular weight is 504 g/mol. The third kappa shape index (κ3) is 5.47. The van der Waals surface area contributed by atoms with Gasteiger partial charge >= 0.3 is 24.3 Å². The molecule has 35 heavy (non-hydrogen) atoms. The van der Waals surface area contributed by atoms with E-state index < -0.39 is 64.9 Å². The molecule has 2 aromatic carbocycles. The fourth-order valence-electron chi connectivity index (χ4n) is 3.28. The minimum absolute atomic E-state index is 0.182. The molecule has 3 aromatic rings. The van der Waals surface area contributed by atoms with Crippen LogP contribution in [0.3, 0.4) is 0 Å². The Morgan fingerprint density at radius 1 is 0.971 bits per heavy atom. The van der Waals surface area contributed by atoms with Crippen molar-refractivity contribution in [1.82, 2.24) is 4.98 Å². The van der Waals surface area contributed by atoms with Gasteiger partial charge in [0.2, 0.25) is 5.91 Å². The summed E-state index contributed by atoms with van der Waals surface area (Å²) >= 11 is 0. The molecule has 0 unspecified atom stereocenters. The van der Waals surface area contributed by atoms with Crippen molar-refractivity contribution in [1.29, 1.82) is 0 Å². The summed E-state index contributed by atoms with van der Waals surface area (Å²) in [6.45, 7) is 1.39. The lowest BCUT2D eigenvalue weighted by atomic mass is 10.1. The predicted molar refractivity (Wildman–Crippen MR) is 107 cm³/mol. The van der Waals surface area contributed by atoms with Gasteiger partial charge in [-0.05, 0) is 42.8 Å². The van der Waals surface area contributed by atoms with Gasteiger partial charge in [-0.3, -0.25) is 9.59 Å². The maximum atomic E-state index is 13.7. The standard InChI is InChI=1S/C21H14F6N2O6/c1-8-11-6-10(2-3-14(11)29-17(8)19(33)34)35-18-12(20(22,23)24)4-9(5-13(18)21(25,26)27)28-15(30)7-16(31)32/h2-6,29H,7H2,1H3,(H,28,30)(H,31,32)(H,33,34). The molecular formula is C21H14F6N2O6. The van der Waals surface area contributed by atoms with Gasteiger partial charge in [-0.2, -0.15) is 26.3 Å². The van der Waals surface area contributed by atoms with Crippen molar-refractivity contribution in [3.63, 3.8) is 0 Å². The van der Waals surface area contributed by atoms with E-state index in [-0.39, 0.29) is 34.3 Å². The van der Waals surface area contributed by atoms with E-state index in [4.69, 9.17) is 9.84 Å². The number of aromatic nitrogens is 1. The second-order valence-corrected chi connectivity index (χ2v) is 7.25. The molecule has 0 radical (unpaired) electrons. The molecule has 4 N–H and O–H groups in total. The molecule has 1 aromatic heterocycles. The molecule has 0 spiro atoms. The van der Waals surface area contributed by atoms with Gasteiger partial charge in [0, 0.05) is 16.6 Å². The Balaban J connectivity index is 2.16. The zero-order valence-electron chi connectivity index (χ0n) is 17.4. The number of fused-ring (bicyclic) bond motifs is 1. The molecule has 8 nitrogen and oxygen atoms in total. The van der Waals surface area contributed by atoms with Crippen molar-refractivity contribution in [3.05, 3.63) is 52.7 Å². The van der Waals surface area contributed by atoms with Crippen molar-refractivity contribution >= 4 is 34.4 Å². The second-order valence-electron chi connectivity index (χ2n) is 7.25. The SMILES string of the molecule is Cc1c(C(=O)O)[nH]c2ccc(Oc3c(C(F)(F)F)cc(NC(=O)CC(=O)O)cc3C(F)(F)F)cc12. The number of aromatic amines is 1. The lowest BCUT2D eigenvalue weighted by Crippen LogP contribution is -2.19. The van der Waals surface area contributed by atoms with Crippen LogP contribution in [0, 0.1) is 6.92 Å². The zero-order valence-corrected chi connectivity index (χ0v) is 17.4. The summed E-state index contributed by atoms with van der Waals surface area (Å²) in [6.07, 6.45) is -11.9. The Hall–Kier alpha value is -4.23. The Bertz CT molecular complexity index is 1310. The van der Waals surface area contributed by atoms with Crippen LogP contribution in [0.2, 0.25) is 0 Å². The number of aryl methyl sites for hydroxylation is 1. The van der Waals surface area contributed by atoms with Gasteiger partial charge < -0.3 is 25.3 Å². The Morgan fingerprint density at radius 3 is 2.03 bits per heavy atom. The summed E-state index contributed by atoms with van der Waals surface area (Å²) in [4.78, 5) is 36.0. The van der Waals surface area contributed by atoms with Crippen LogP contribution in [0.15, 0.2) is 30.3 Å². The molecule has 0 aliphatic carbocycles. The number of carboxylic acids is 2. The number of carbonyl (C=O) groups excluding carboxylic acids is 1. The maximum Gasteiger partial charge on any atom is 0.420 e. The molecule has 0 bridgehead atoms. The van der Waals surface area contributed by atoms with E-state index in [1.54, 1.807) is 5.32 Å². The molecule has 3 rings (SSSR count). The van der Waals surface area contributed by atoms with Gasteiger partial charge in [0.1, 0.15) is 29.0 Å². The summed E-state index contributed by atoms with van der Waals surface area (Å²) in [5.74, 6) is -6.35. The van der Waals surface area contributed by atoms with E-state index in [1.165, 1.54) is 13.0 Å². The number of anilines is 1. The highest BCUT2D eigenvalue weighted by molar-refractivity contribution is 6.01. The molecule has 0 aliphatic heterocycles. The number of nitrogens with one attached hydrogen (secondary N) is 2. The number of alkyl halides is 6. The molecule has 1 amide bonds. The molecule has 0 saturated heterocycles. The molecule has 0 atom stereocenters. The number of carboxylic acid groups (broad SMARTS) is 2. The molecular weight excluding hydrogens is 490 g/mol. The Labute approximate surface area is 191 Å². The molecule has 0 fully saturated rings. The van der Waals surface area contributed by atoms with Crippen LogP contribution >= 0.6 is 0 Å². The maximum absolute atomic E-state index is 13.7. The molecule has 14 heteroatoms. The average Bonchev–Trinajstić information content (AvgIpc) is 3.03. The monoisotopic (exact) mass is 504 g/mol. The van der Waals surface area contributed by atoms with Crippen molar-refractivity contribution in [2.24, 2.45) is 0 Å². The van der Waals surface area contributed by atoms with Crippen LogP contribution in [0.4, 0.5) is 32.0 Å². The van der Waals surface area contributed by atoms with E-state index in [9.17, 15) is 45.8 Å². The fourth-order valence-corrected chi connectivity index (χ4v) is 3.28. The van der Waals surface area contributed by atoms with Gasteiger partial charge in [0.05, 0.1) is 0 Å². The van der Waals surface area contributed by atoms with E-state index >= 15 is 0 Å². The topological polar surface area (TPSA) is 129 Å². The number of rotatable bonds is 6.